The van der Waals surface area contributed by atoms with Gasteiger partial charge in [-0.05, 0) is 13.0 Å². The number of pyridine rings is 1. The van der Waals surface area contributed by atoms with Crippen LogP contribution in [-0.4, -0.2) is 20.7 Å². The molecule has 0 aromatic carbocycles. The Hall–Kier alpha value is -2.17. The quantitative estimate of drug-likeness (QED) is 0.793. The first-order valence-electron chi connectivity index (χ1n) is 5.43. The van der Waals surface area contributed by atoms with Gasteiger partial charge >= 0.3 is 0 Å². The summed E-state index contributed by atoms with van der Waals surface area (Å²) in [6, 6.07) is 1.88. The molecule has 3 heterocycles. The molecule has 1 aliphatic rings. The monoisotopic (exact) mass is 228 g/mol. The van der Waals surface area contributed by atoms with Gasteiger partial charge in [-0.3, -0.25) is 14.5 Å². The van der Waals surface area contributed by atoms with Gasteiger partial charge in [0.25, 0.3) is 5.91 Å². The molecule has 0 atom stereocenters. The molecule has 1 N–H and O–H groups in total. The minimum absolute atomic E-state index is 0.0455. The fraction of sp³-hybridized carbons (Fsp3) is 0.250. The summed E-state index contributed by atoms with van der Waals surface area (Å²) in [5.74, 6) is -0.0455. The Balaban J connectivity index is 2.14. The standard InChI is InChI=1S/C12H12N4O/c1-7-10(6-16(2)15-7)8-3-9-11(13-4-8)5-14-12(9)17/h3-4,6H,5H2,1-2H3,(H,14,17). The summed E-state index contributed by atoms with van der Waals surface area (Å²) in [4.78, 5) is 15.9. The van der Waals surface area contributed by atoms with Crippen LogP contribution in [0.15, 0.2) is 18.5 Å². The van der Waals surface area contributed by atoms with Gasteiger partial charge in [-0.1, -0.05) is 0 Å². The van der Waals surface area contributed by atoms with E-state index < -0.39 is 0 Å². The van der Waals surface area contributed by atoms with E-state index in [-0.39, 0.29) is 5.91 Å². The van der Waals surface area contributed by atoms with Crippen molar-refractivity contribution in [3.63, 3.8) is 0 Å². The summed E-state index contributed by atoms with van der Waals surface area (Å²) >= 11 is 0. The smallest absolute Gasteiger partial charge is 0.253 e. The summed E-state index contributed by atoms with van der Waals surface area (Å²) in [6.45, 7) is 2.48. The average molecular weight is 228 g/mol. The molecule has 2 aromatic rings. The number of carbonyl (C=O) groups is 1. The highest BCUT2D eigenvalue weighted by atomic mass is 16.1. The van der Waals surface area contributed by atoms with Crippen molar-refractivity contribution in [3.8, 4) is 11.1 Å². The van der Waals surface area contributed by atoms with Crippen LogP contribution in [0.25, 0.3) is 11.1 Å². The van der Waals surface area contributed by atoms with E-state index in [1.165, 1.54) is 0 Å². The van der Waals surface area contributed by atoms with Gasteiger partial charge in [-0.15, -0.1) is 0 Å². The SMILES string of the molecule is Cc1nn(C)cc1-c1cnc2c(c1)C(=O)NC2. The molecule has 0 bridgehead atoms. The molecular weight excluding hydrogens is 216 g/mol. The van der Waals surface area contributed by atoms with Crippen molar-refractivity contribution in [2.45, 2.75) is 13.5 Å². The molecule has 17 heavy (non-hydrogen) atoms. The largest absolute Gasteiger partial charge is 0.346 e. The molecule has 0 aliphatic carbocycles. The molecule has 1 amide bonds. The number of aryl methyl sites for hydroxylation is 2. The molecule has 0 spiro atoms. The second-order valence-corrected chi connectivity index (χ2v) is 4.20. The van der Waals surface area contributed by atoms with E-state index in [0.29, 0.717) is 12.1 Å². The van der Waals surface area contributed by atoms with Crippen molar-refractivity contribution >= 4 is 5.91 Å². The third-order valence-electron chi connectivity index (χ3n) is 2.96. The minimum Gasteiger partial charge on any atom is -0.346 e. The van der Waals surface area contributed by atoms with E-state index in [2.05, 4.69) is 15.4 Å². The third-order valence-corrected chi connectivity index (χ3v) is 2.96. The zero-order chi connectivity index (χ0) is 12.0. The van der Waals surface area contributed by atoms with Crippen molar-refractivity contribution in [3.05, 3.63) is 35.4 Å². The van der Waals surface area contributed by atoms with Crippen LogP contribution >= 0.6 is 0 Å². The lowest BCUT2D eigenvalue weighted by Crippen LogP contribution is -2.12. The van der Waals surface area contributed by atoms with Crippen molar-refractivity contribution in [2.75, 3.05) is 0 Å². The summed E-state index contributed by atoms with van der Waals surface area (Å²) in [6.07, 6.45) is 3.73. The first-order chi connectivity index (χ1) is 8.15. The lowest BCUT2D eigenvalue weighted by molar-refractivity contribution is 0.0966. The highest BCUT2D eigenvalue weighted by Crippen LogP contribution is 2.25. The highest BCUT2D eigenvalue weighted by molar-refractivity contribution is 5.98. The fourth-order valence-corrected chi connectivity index (χ4v) is 2.12. The third kappa shape index (κ3) is 1.51. The number of hydrogen-bond acceptors (Lipinski definition) is 3. The van der Waals surface area contributed by atoms with Crippen molar-refractivity contribution in [2.24, 2.45) is 7.05 Å². The van der Waals surface area contributed by atoms with Gasteiger partial charge in [0.1, 0.15) is 0 Å². The molecule has 5 nitrogen and oxygen atoms in total. The van der Waals surface area contributed by atoms with E-state index in [0.717, 1.165) is 22.5 Å². The van der Waals surface area contributed by atoms with Crippen LogP contribution in [0.1, 0.15) is 21.7 Å². The number of hydrogen-bond donors (Lipinski definition) is 1. The number of fused-ring (bicyclic) bond motifs is 1. The maximum Gasteiger partial charge on any atom is 0.253 e. The Kier molecular flexibility index (Phi) is 2.01. The van der Waals surface area contributed by atoms with Crippen LogP contribution in [0, 0.1) is 6.92 Å². The van der Waals surface area contributed by atoms with Gasteiger partial charge in [0, 0.05) is 30.6 Å². The Labute approximate surface area is 98.5 Å². The normalized spacial score (nSPS) is 13.6. The number of aromatic nitrogens is 3. The maximum absolute atomic E-state index is 11.6. The number of carbonyl (C=O) groups excluding carboxylic acids is 1. The highest BCUT2D eigenvalue weighted by Gasteiger charge is 2.21. The number of rotatable bonds is 1. The number of amides is 1. The van der Waals surface area contributed by atoms with Crippen LogP contribution in [0.4, 0.5) is 0 Å². The minimum atomic E-state index is -0.0455. The molecular formula is C12H12N4O. The number of nitrogens with one attached hydrogen (secondary N) is 1. The molecule has 2 aromatic heterocycles. The number of nitrogens with zero attached hydrogens (tertiary/aromatic N) is 3. The van der Waals surface area contributed by atoms with E-state index in [1.54, 1.807) is 10.9 Å². The van der Waals surface area contributed by atoms with Crippen LogP contribution in [0.3, 0.4) is 0 Å². The van der Waals surface area contributed by atoms with Gasteiger partial charge in [0.15, 0.2) is 0 Å². The van der Waals surface area contributed by atoms with E-state index in [1.807, 2.05) is 26.2 Å². The first kappa shape index (κ1) is 10.0. The first-order valence-corrected chi connectivity index (χ1v) is 5.43. The Morgan fingerprint density at radius 2 is 2.24 bits per heavy atom. The molecule has 5 heteroatoms. The second kappa shape index (κ2) is 3.41. The topological polar surface area (TPSA) is 59.8 Å². The van der Waals surface area contributed by atoms with Crippen LogP contribution in [-0.2, 0) is 13.6 Å². The average Bonchev–Trinajstić information content (AvgIpc) is 2.83. The molecule has 86 valence electrons. The summed E-state index contributed by atoms with van der Waals surface area (Å²) in [7, 11) is 1.88. The van der Waals surface area contributed by atoms with Crippen molar-refractivity contribution in [1.29, 1.82) is 0 Å². The fourth-order valence-electron chi connectivity index (χ4n) is 2.12. The summed E-state index contributed by atoms with van der Waals surface area (Å²) in [5, 5.41) is 7.05. The Morgan fingerprint density at radius 3 is 2.94 bits per heavy atom. The van der Waals surface area contributed by atoms with Gasteiger partial charge in [0.2, 0.25) is 0 Å². The molecule has 0 radical (unpaired) electrons. The zero-order valence-corrected chi connectivity index (χ0v) is 9.69. The van der Waals surface area contributed by atoms with Gasteiger partial charge in [-0.25, -0.2) is 0 Å². The lowest BCUT2D eigenvalue weighted by Gasteiger charge is -2.01. The van der Waals surface area contributed by atoms with Gasteiger partial charge < -0.3 is 5.32 Å². The Bertz CT molecular complexity index is 615. The van der Waals surface area contributed by atoms with Crippen LogP contribution in [0.2, 0.25) is 0 Å². The molecule has 1 aliphatic heterocycles. The van der Waals surface area contributed by atoms with Crippen molar-refractivity contribution in [1.82, 2.24) is 20.1 Å². The van der Waals surface area contributed by atoms with Crippen LogP contribution < -0.4 is 5.32 Å². The molecule has 0 unspecified atom stereocenters. The van der Waals surface area contributed by atoms with Crippen molar-refractivity contribution < 1.29 is 4.79 Å². The molecule has 3 rings (SSSR count). The van der Waals surface area contributed by atoms with Gasteiger partial charge in [0.05, 0.1) is 23.5 Å². The summed E-state index contributed by atoms with van der Waals surface area (Å²) in [5.41, 5.74) is 4.38. The maximum atomic E-state index is 11.6. The van der Waals surface area contributed by atoms with Gasteiger partial charge in [-0.2, -0.15) is 5.10 Å². The molecule has 0 fully saturated rings. The molecule has 0 saturated carbocycles. The second-order valence-electron chi connectivity index (χ2n) is 4.20. The summed E-state index contributed by atoms with van der Waals surface area (Å²) < 4.78 is 1.76. The lowest BCUT2D eigenvalue weighted by atomic mass is 10.1. The van der Waals surface area contributed by atoms with E-state index in [9.17, 15) is 4.79 Å². The Morgan fingerprint density at radius 1 is 1.41 bits per heavy atom. The molecule has 0 saturated heterocycles. The van der Waals surface area contributed by atoms with Crippen LogP contribution in [0.5, 0.6) is 0 Å². The van der Waals surface area contributed by atoms with E-state index >= 15 is 0 Å². The zero-order valence-electron chi connectivity index (χ0n) is 9.69. The van der Waals surface area contributed by atoms with E-state index in [4.69, 9.17) is 0 Å². The predicted octanol–water partition coefficient (Wildman–Crippen LogP) is 1.03. The predicted molar refractivity (Wildman–Crippen MR) is 62.3 cm³/mol.